The first-order valence-corrected chi connectivity index (χ1v) is 9.87. The molecular formula is C21H33N3O2. The molecule has 0 aliphatic carbocycles. The molecule has 1 aliphatic heterocycles. The molecule has 1 saturated heterocycles. The SMILES string of the molecule is CCN(CC)CCC(=O)N1CCN(C(=O)CCc2ccc(C)cc2)CC1. The van der Waals surface area contributed by atoms with Gasteiger partial charge in [0.05, 0.1) is 0 Å². The first-order chi connectivity index (χ1) is 12.5. The lowest BCUT2D eigenvalue weighted by Gasteiger charge is -2.35. The first-order valence-electron chi connectivity index (χ1n) is 9.87. The molecule has 0 spiro atoms. The quantitative estimate of drug-likeness (QED) is 0.716. The molecule has 1 fully saturated rings. The van der Waals surface area contributed by atoms with E-state index in [0.717, 1.165) is 26.1 Å². The van der Waals surface area contributed by atoms with E-state index in [1.807, 2.05) is 9.80 Å². The Morgan fingerprint density at radius 2 is 1.38 bits per heavy atom. The molecule has 1 heterocycles. The smallest absolute Gasteiger partial charge is 0.223 e. The van der Waals surface area contributed by atoms with Crippen molar-refractivity contribution in [2.75, 3.05) is 45.8 Å². The van der Waals surface area contributed by atoms with Crippen LogP contribution in [0.1, 0.15) is 37.8 Å². The van der Waals surface area contributed by atoms with Crippen molar-refractivity contribution in [3.8, 4) is 0 Å². The zero-order valence-electron chi connectivity index (χ0n) is 16.5. The summed E-state index contributed by atoms with van der Waals surface area (Å²) in [5, 5.41) is 0. The Balaban J connectivity index is 1.70. The minimum Gasteiger partial charge on any atom is -0.339 e. The molecule has 0 saturated carbocycles. The summed E-state index contributed by atoms with van der Waals surface area (Å²) in [5.74, 6) is 0.407. The lowest BCUT2D eigenvalue weighted by Crippen LogP contribution is -2.51. The van der Waals surface area contributed by atoms with Crippen molar-refractivity contribution in [2.24, 2.45) is 0 Å². The van der Waals surface area contributed by atoms with Gasteiger partial charge in [-0.25, -0.2) is 0 Å². The summed E-state index contributed by atoms with van der Waals surface area (Å²) in [5.41, 5.74) is 2.44. The third-order valence-corrected chi connectivity index (χ3v) is 5.27. The summed E-state index contributed by atoms with van der Waals surface area (Å²) < 4.78 is 0. The van der Waals surface area contributed by atoms with Crippen LogP contribution in [0, 0.1) is 6.92 Å². The maximum Gasteiger partial charge on any atom is 0.223 e. The molecule has 0 aromatic heterocycles. The molecule has 2 amide bonds. The van der Waals surface area contributed by atoms with Crippen LogP contribution in [0.25, 0.3) is 0 Å². The van der Waals surface area contributed by atoms with E-state index in [1.54, 1.807) is 0 Å². The highest BCUT2D eigenvalue weighted by Crippen LogP contribution is 2.10. The third-order valence-electron chi connectivity index (χ3n) is 5.27. The molecule has 1 aromatic rings. The largest absolute Gasteiger partial charge is 0.339 e. The van der Waals surface area contributed by atoms with Gasteiger partial charge in [-0.05, 0) is 32.0 Å². The normalized spacial score (nSPS) is 14.8. The highest BCUT2D eigenvalue weighted by atomic mass is 16.2. The van der Waals surface area contributed by atoms with Gasteiger partial charge in [0.1, 0.15) is 0 Å². The predicted molar refractivity (Wildman–Crippen MR) is 105 cm³/mol. The number of rotatable bonds is 8. The zero-order valence-corrected chi connectivity index (χ0v) is 16.5. The van der Waals surface area contributed by atoms with Gasteiger partial charge in [0, 0.05) is 45.6 Å². The Labute approximate surface area is 158 Å². The Hall–Kier alpha value is -1.88. The summed E-state index contributed by atoms with van der Waals surface area (Å²) in [6.07, 6.45) is 1.89. The number of nitrogens with zero attached hydrogens (tertiary/aromatic N) is 3. The van der Waals surface area contributed by atoms with E-state index in [-0.39, 0.29) is 11.8 Å². The second kappa shape index (κ2) is 10.3. The first kappa shape index (κ1) is 20.4. The molecular weight excluding hydrogens is 326 g/mol. The van der Waals surface area contributed by atoms with Crippen LogP contribution < -0.4 is 0 Å². The van der Waals surface area contributed by atoms with Crippen molar-refractivity contribution in [2.45, 2.75) is 40.0 Å². The third kappa shape index (κ3) is 6.13. The molecule has 5 nitrogen and oxygen atoms in total. The Bertz CT molecular complexity index is 573. The molecule has 26 heavy (non-hydrogen) atoms. The maximum absolute atomic E-state index is 12.4. The van der Waals surface area contributed by atoms with Gasteiger partial charge in [0.15, 0.2) is 0 Å². The maximum atomic E-state index is 12.4. The monoisotopic (exact) mass is 359 g/mol. The van der Waals surface area contributed by atoms with E-state index >= 15 is 0 Å². The number of hydrogen-bond acceptors (Lipinski definition) is 3. The number of aryl methyl sites for hydroxylation is 2. The Morgan fingerprint density at radius 3 is 1.88 bits per heavy atom. The predicted octanol–water partition coefficient (Wildman–Crippen LogP) is 2.33. The number of benzene rings is 1. The fourth-order valence-electron chi connectivity index (χ4n) is 3.32. The van der Waals surface area contributed by atoms with Gasteiger partial charge in [0.25, 0.3) is 0 Å². The van der Waals surface area contributed by atoms with Crippen LogP contribution in [0.2, 0.25) is 0 Å². The standard InChI is InChI=1S/C21H33N3O2/c1-4-22(5-2)13-12-21(26)24-16-14-23(15-17-24)20(25)11-10-19-8-6-18(3)7-9-19/h6-9H,4-5,10-17H2,1-3H3. The van der Waals surface area contributed by atoms with E-state index in [0.29, 0.717) is 39.0 Å². The van der Waals surface area contributed by atoms with E-state index in [4.69, 9.17) is 0 Å². The topological polar surface area (TPSA) is 43.9 Å². The van der Waals surface area contributed by atoms with Gasteiger partial charge in [0.2, 0.25) is 11.8 Å². The molecule has 1 aromatic carbocycles. The van der Waals surface area contributed by atoms with Gasteiger partial charge in [-0.1, -0.05) is 43.7 Å². The van der Waals surface area contributed by atoms with E-state index in [9.17, 15) is 9.59 Å². The molecule has 1 aliphatic rings. The Kier molecular flexibility index (Phi) is 8.10. The summed E-state index contributed by atoms with van der Waals surface area (Å²) in [6.45, 7) is 11.7. The molecule has 0 unspecified atom stereocenters. The number of carbonyl (C=O) groups excluding carboxylic acids is 2. The van der Waals surface area contributed by atoms with Crippen LogP contribution >= 0.6 is 0 Å². The van der Waals surface area contributed by atoms with Crippen molar-refractivity contribution in [1.82, 2.24) is 14.7 Å². The van der Waals surface area contributed by atoms with Gasteiger partial charge < -0.3 is 14.7 Å². The van der Waals surface area contributed by atoms with Crippen LogP contribution in [-0.4, -0.2) is 72.3 Å². The molecule has 0 radical (unpaired) electrons. The minimum absolute atomic E-state index is 0.195. The second-order valence-electron chi connectivity index (χ2n) is 7.02. The van der Waals surface area contributed by atoms with Crippen LogP contribution in [0.4, 0.5) is 0 Å². The molecule has 5 heteroatoms. The van der Waals surface area contributed by atoms with Gasteiger partial charge >= 0.3 is 0 Å². The lowest BCUT2D eigenvalue weighted by atomic mass is 10.1. The number of hydrogen-bond donors (Lipinski definition) is 0. The van der Waals surface area contributed by atoms with Gasteiger partial charge in [-0.3, -0.25) is 9.59 Å². The summed E-state index contributed by atoms with van der Waals surface area (Å²) >= 11 is 0. The van der Waals surface area contributed by atoms with Crippen LogP contribution in [0.5, 0.6) is 0 Å². The van der Waals surface area contributed by atoms with Crippen molar-refractivity contribution < 1.29 is 9.59 Å². The van der Waals surface area contributed by atoms with Crippen molar-refractivity contribution in [3.05, 3.63) is 35.4 Å². The van der Waals surface area contributed by atoms with Crippen molar-refractivity contribution >= 4 is 11.8 Å². The average molecular weight is 360 g/mol. The molecule has 144 valence electrons. The van der Waals surface area contributed by atoms with Gasteiger partial charge in [-0.15, -0.1) is 0 Å². The van der Waals surface area contributed by atoms with Gasteiger partial charge in [-0.2, -0.15) is 0 Å². The summed E-state index contributed by atoms with van der Waals surface area (Å²) in [6, 6.07) is 8.36. The van der Waals surface area contributed by atoms with Crippen molar-refractivity contribution in [3.63, 3.8) is 0 Å². The molecule has 0 N–H and O–H groups in total. The molecule has 2 rings (SSSR count). The fourth-order valence-corrected chi connectivity index (χ4v) is 3.32. The molecule has 0 atom stereocenters. The number of piperazine rings is 1. The lowest BCUT2D eigenvalue weighted by molar-refractivity contribution is -0.139. The molecule has 0 bridgehead atoms. The van der Waals surface area contributed by atoms with E-state index in [1.165, 1.54) is 11.1 Å². The Morgan fingerprint density at radius 1 is 0.885 bits per heavy atom. The van der Waals surface area contributed by atoms with Crippen molar-refractivity contribution in [1.29, 1.82) is 0 Å². The zero-order chi connectivity index (χ0) is 18.9. The second-order valence-corrected chi connectivity index (χ2v) is 7.02. The number of amides is 2. The summed E-state index contributed by atoms with van der Waals surface area (Å²) in [4.78, 5) is 30.9. The van der Waals surface area contributed by atoms with Crippen LogP contribution in [0.3, 0.4) is 0 Å². The van der Waals surface area contributed by atoms with E-state index < -0.39 is 0 Å². The highest BCUT2D eigenvalue weighted by Gasteiger charge is 2.23. The van der Waals surface area contributed by atoms with Crippen LogP contribution in [0.15, 0.2) is 24.3 Å². The fraction of sp³-hybridized carbons (Fsp3) is 0.619. The van der Waals surface area contributed by atoms with Crippen LogP contribution in [-0.2, 0) is 16.0 Å². The highest BCUT2D eigenvalue weighted by molar-refractivity contribution is 5.78. The minimum atomic E-state index is 0.195. The summed E-state index contributed by atoms with van der Waals surface area (Å²) in [7, 11) is 0. The van der Waals surface area contributed by atoms with E-state index in [2.05, 4.69) is 49.9 Å². The average Bonchev–Trinajstić information content (AvgIpc) is 2.68. The number of carbonyl (C=O) groups is 2.